The molecule has 0 bridgehead atoms. The normalized spacial score (nSPS) is 10.4. The molecule has 0 fully saturated rings. The Morgan fingerprint density at radius 1 is 1.26 bits per heavy atom. The number of hydrogen-bond donors (Lipinski definition) is 1. The van der Waals surface area contributed by atoms with Gasteiger partial charge in [0.25, 0.3) is 0 Å². The standard InChI is InChI=1S/C15H24N2O2/c1-2-3-9-16-10-5-4-6-12-19-15(18)14-8-7-11-17-13-14/h7-8,11,13,16H,2-6,9-10,12H2,1H3. The highest BCUT2D eigenvalue weighted by Crippen LogP contribution is 2.01. The number of hydrogen-bond acceptors (Lipinski definition) is 4. The predicted molar refractivity (Wildman–Crippen MR) is 76.1 cm³/mol. The Morgan fingerprint density at radius 3 is 2.84 bits per heavy atom. The van der Waals surface area contributed by atoms with Gasteiger partial charge in [0.1, 0.15) is 0 Å². The number of aromatic nitrogens is 1. The van der Waals surface area contributed by atoms with Gasteiger partial charge in [0.2, 0.25) is 0 Å². The number of ether oxygens (including phenoxy) is 1. The summed E-state index contributed by atoms with van der Waals surface area (Å²) in [7, 11) is 0. The van der Waals surface area contributed by atoms with E-state index in [1.165, 1.54) is 19.0 Å². The monoisotopic (exact) mass is 264 g/mol. The third kappa shape index (κ3) is 7.57. The van der Waals surface area contributed by atoms with Gasteiger partial charge in [0.15, 0.2) is 0 Å². The van der Waals surface area contributed by atoms with Gasteiger partial charge in [-0.15, -0.1) is 0 Å². The van der Waals surface area contributed by atoms with Gasteiger partial charge in [-0.2, -0.15) is 0 Å². The minimum Gasteiger partial charge on any atom is -0.462 e. The van der Waals surface area contributed by atoms with Crippen LogP contribution in [-0.2, 0) is 4.74 Å². The molecule has 0 aliphatic heterocycles. The van der Waals surface area contributed by atoms with Crippen LogP contribution in [0.4, 0.5) is 0 Å². The quantitative estimate of drug-likeness (QED) is 0.521. The third-order valence-electron chi connectivity index (χ3n) is 2.84. The largest absolute Gasteiger partial charge is 0.462 e. The third-order valence-corrected chi connectivity index (χ3v) is 2.84. The molecule has 19 heavy (non-hydrogen) atoms. The number of nitrogens with zero attached hydrogens (tertiary/aromatic N) is 1. The summed E-state index contributed by atoms with van der Waals surface area (Å²) < 4.78 is 5.17. The predicted octanol–water partition coefficient (Wildman–Crippen LogP) is 2.80. The smallest absolute Gasteiger partial charge is 0.339 e. The summed E-state index contributed by atoms with van der Waals surface area (Å²) in [6.07, 6.45) is 8.78. The van der Waals surface area contributed by atoms with Crippen molar-refractivity contribution in [3.8, 4) is 0 Å². The zero-order valence-electron chi connectivity index (χ0n) is 11.7. The molecule has 106 valence electrons. The Morgan fingerprint density at radius 2 is 2.11 bits per heavy atom. The van der Waals surface area contributed by atoms with Crippen molar-refractivity contribution in [2.24, 2.45) is 0 Å². The van der Waals surface area contributed by atoms with E-state index < -0.39 is 0 Å². The molecule has 0 atom stereocenters. The van der Waals surface area contributed by atoms with Gasteiger partial charge >= 0.3 is 5.97 Å². The van der Waals surface area contributed by atoms with Gasteiger partial charge in [-0.05, 0) is 50.9 Å². The highest BCUT2D eigenvalue weighted by Gasteiger charge is 2.05. The van der Waals surface area contributed by atoms with Crippen LogP contribution in [0.3, 0.4) is 0 Å². The molecular formula is C15H24N2O2. The van der Waals surface area contributed by atoms with Crippen LogP contribution in [0.25, 0.3) is 0 Å². The topological polar surface area (TPSA) is 51.2 Å². The molecule has 1 N–H and O–H groups in total. The molecule has 0 aliphatic rings. The lowest BCUT2D eigenvalue weighted by Crippen LogP contribution is -2.16. The Bertz CT molecular complexity index is 341. The van der Waals surface area contributed by atoms with Crippen LogP contribution in [0, 0.1) is 0 Å². The number of nitrogens with one attached hydrogen (secondary N) is 1. The fourth-order valence-electron chi connectivity index (χ4n) is 1.69. The molecule has 1 rings (SSSR count). The van der Waals surface area contributed by atoms with Crippen LogP contribution in [-0.4, -0.2) is 30.6 Å². The Kier molecular flexibility index (Phi) is 8.64. The van der Waals surface area contributed by atoms with Gasteiger partial charge in [-0.25, -0.2) is 4.79 Å². The maximum atomic E-state index is 11.6. The highest BCUT2D eigenvalue weighted by molar-refractivity contribution is 5.88. The van der Waals surface area contributed by atoms with Crippen LogP contribution in [0.2, 0.25) is 0 Å². The fraction of sp³-hybridized carbons (Fsp3) is 0.600. The molecule has 1 aromatic rings. The van der Waals surface area contributed by atoms with E-state index in [2.05, 4.69) is 17.2 Å². The van der Waals surface area contributed by atoms with Crippen molar-refractivity contribution in [1.29, 1.82) is 0 Å². The van der Waals surface area contributed by atoms with E-state index in [0.29, 0.717) is 12.2 Å². The first-order valence-electron chi connectivity index (χ1n) is 7.12. The van der Waals surface area contributed by atoms with Crippen molar-refractivity contribution in [3.05, 3.63) is 30.1 Å². The maximum absolute atomic E-state index is 11.6. The summed E-state index contributed by atoms with van der Waals surface area (Å²) in [6, 6.07) is 3.45. The number of pyridine rings is 1. The Labute approximate surface area is 115 Å². The van der Waals surface area contributed by atoms with Crippen LogP contribution < -0.4 is 5.32 Å². The Balaban J connectivity index is 1.95. The molecule has 4 nitrogen and oxygen atoms in total. The molecule has 0 aliphatic carbocycles. The molecule has 1 heterocycles. The fourth-order valence-corrected chi connectivity index (χ4v) is 1.69. The summed E-state index contributed by atoms with van der Waals surface area (Å²) in [6.45, 7) is 4.84. The second-order valence-electron chi connectivity index (χ2n) is 4.54. The van der Waals surface area contributed by atoms with Gasteiger partial charge in [0.05, 0.1) is 12.2 Å². The molecule has 0 saturated carbocycles. The van der Waals surface area contributed by atoms with E-state index in [1.54, 1.807) is 18.3 Å². The summed E-state index contributed by atoms with van der Waals surface area (Å²) in [4.78, 5) is 15.5. The van der Waals surface area contributed by atoms with E-state index in [1.807, 2.05) is 0 Å². The molecule has 0 amide bonds. The van der Waals surface area contributed by atoms with Crippen LogP contribution in [0.5, 0.6) is 0 Å². The van der Waals surface area contributed by atoms with Crippen molar-refractivity contribution >= 4 is 5.97 Å². The summed E-state index contributed by atoms with van der Waals surface area (Å²) in [5.41, 5.74) is 0.517. The van der Waals surface area contributed by atoms with Crippen molar-refractivity contribution in [2.45, 2.75) is 39.0 Å². The van der Waals surface area contributed by atoms with E-state index in [9.17, 15) is 4.79 Å². The number of carbonyl (C=O) groups excluding carboxylic acids is 1. The minimum atomic E-state index is -0.283. The maximum Gasteiger partial charge on any atom is 0.339 e. The molecule has 0 unspecified atom stereocenters. The van der Waals surface area contributed by atoms with Crippen molar-refractivity contribution in [1.82, 2.24) is 10.3 Å². The second-order valence-corrected chi connectivity index (χ2v) is 4.54. The first kappa shape index (κ1) is 15.6. The van der Waals surface area contributed by atoms with Crippen molar-refractivity contribution in [3.63, 3.8) is 0 Å². The number of unbranched alkanes of at least 4 members (excludes halogenated alkanes) is 3. The zero-order valence-corrected chi connectivity index (χ0v) is 11.7. The Hall–Kier alpha value is -1.42. The van der Waals surface area contributed by atoms with Gasteiger partial charge in [-0.1, -0.05) is 13.3 Å². The average molecular weight is 264 g/mol. The lowest BCUT2D eigenvalue weighted by molar-refractivity contribution is 0.0497. The van der Waals surface area contributed by atoms with E-state index in [-0.39, 0.29) is 5.97 Å². The minimum absolute atomic E-state index is 0.283. The van der Waals surface area contributed by atoms with E-state index >= 15 is 0 Å². The molecule has 4 heteroatoms. The lowest BCUT2D eigenvalue weighted by atomic mass is 10.2. The molecule has 0 spiro atoms. The SMILES string of the molecule is CCCCNCCCCCOC(=O)c1cccnc1. The summed E-state index contributed by atoms with van der Waals surface area (Å²) in [5.74, 6) is -0.283. The molecule has 0 radical (unpaired) electrons. The lowest BCUT2D eigenvalue weighted by Gasteiger charge is -2.05. The van der Waals surface area contributed by atoms with Gasteiger partial charge in [-0.3, -0.25) is 4.98 Å². The number of carbonyl (C=O) groups is 1. The van der Waals surface area contributed by atoms with Crippen LogP contribution >= 0.6 is 0 Å². The summed E-state index contributed by atoms with van der Waals surface area (Å²) >= 11 is 0. The highest BCUT2D eigenvalue weighted by atomic mass is 16.5. The first-order valence-corrected chi connectivity index (χ1v) is 7.12. The average Bonchev–Trinajstić information content (AvgIpc) is 2.46. The van der Waals surface area contributed by atoms with E-state index in [4.69, 9.17) is 4.74 Å². The molecular weight excluding hydrogens is 240 g/mol. The molecule has 1 aromatic heterocycles. The summed E-state index contributed by atoms with van der Waals surface area (Å²) in [5, 5.41) is 3.40. The van der Waals surface area contributed by atoms with Gasteiger partial charge in [0, 0.05) is 12.4 Å². The zero-order chi connectivity index (χ0) is 13.8. The number of rotatable bonds is 10. The number of esters is 1. The second kappa shape index (κ2) is 10.5. The van der Waals surface area contributed by atoms with Crippen LogP contribution in [0.15, 0.2) is 24.5 Å². The van der Waals surface area contributed by atoms with Crippen LogP contribution in [0.1, 0.15) is 49.4 Å². The van der Waals surface area contributed by atoms with E-state index in [0.717, 1.165) is 32.4 Å². The molecule has 0 aromatic carbocycles. The molecule has 0 saturated heterocycles. The van der Waals surface area contributed by atoms with Gasteiger partial charge < -0.3 is 10.1 Å². The first-order chi connectivity index (χ1) is 9.34. The van der Waals surface area contributed by atoms with Crippen molar-refractivity contribution in [2.75, 3.05) is 19.7 Å². The van der Waals surface area contributed by atoms with Crippen molar-refractivity contribution < 1.29 is 9.53 Å².